The zero-order valence-electron chi connectivity index (χ0n) is 11.2. The molecule has 5 heteroatoms. The molecule has 1 saturated heterocycles. The highest BCUT2D eigenvalue weighted by molar-refractivity contribution is 9.10. The Morgan fingerprint density at radius 1 is 1.42 bits per heavy atom. The number of Topliss-reactive ketones (excluding diaryl/α,β-unsaturated/α-hetero) is 1. The zero-order valence-corrected chi connectivity index (χ0v) is 12.8. The van der Waals surface area contributed by atoms with Crippen LogP contribution in [0.5, 0.6) is 0 Å². The number of rotatable bonds is 3. The van der Waals surface area contributed by atoms with Crippen LogP contribution < -0.4 is 0 Å². The molecule has 104 valence electrons. The molecule has 3 nitrogen and oxygen atoms in total. The van der Waals surface area contributed by atoms with Crippen LogP contribution in [-0.4, -0.2) is 55.4 Å². The lowest BCUT2D eigenvalue weighted by atomic mass is 10.0. The van der Waals surface area contributed by atoms with Crippen molar-refractivity contribution < 1.29 is 9.18 Å². The normalized spacial score (nSPS) is 21.6. The van der Waals surface area contributed by atoms with E-state index in [1.54, 1.807) is 12.1 Å². The second-order valence-corrected chi connectivity index (χ2v) is 5.91. The second-order valence-electron chi connectivity index (χ2n) is 5.11. The average Bonchev–Trinajstić information content (AvgIpc) is 2.38. The van der Waals surface area contributed by atoms with Crippen LogP contribution in [0.1, 0.15) is 5.56 Å². The fraction of sp³-hybridized carbons (Fsp3) is 0.500. The van der Waals surface area contributed by atoms with Gasteiger partial charge in [-0.3, -0.25) is 9.69 Å². The first-order valence-corrected chi connectivity index (χ1v) is 7.12. The highest BCUT2D eigenvalue weighted by Gasteiger charge is 2.28. The Bertz CT molecular complexity index is 481. The molecular weight excluding hydrogens is 311 g/mol. The molecule has 1 heterocycles. The number of halogens is 2. The molecule has 19 heavy (non-hydrogen) atoms. The maximum atomic E-state index is 13.4. The molecule has 0 amide bonds. The standard InChI is InChI=1S/C14H18BrFN2O/c1-17-6-7-18(2)12(9-17)13(19)8-10-4-3-5-11(16)14(10)15/h3-5,12H,6-9H2,1-2H3. The van der Waals surface area contributed by atoms with Crippen molar-refractivity contribution >= 4 is 21.7 Å². The summed E-state index contributed by atoms with van der Waals surface area (Å²) in [5.41, 5.74) is 0.714. The van der Waals surface area contributed by atoms with E-state index >= 15 is 0 Å². The van der Waals surface area contributed by atoms with E-state index in [-0.39, 0.29) is 24.1 Å². The largest absolute Gasteiger partial charge is 0.303 e. The lowest BCUT2D eigenvalue weighted by Crippen LogP contribution is -2.53. The molecule has 0 saturated carbocycles. The first-order chi connectivity index (χ1) is 8.99. The maximum absolute atomic E-state index is 13.4. The van der Waals surface area contributed by atoms with Crippen LogP contribution >= 0.6 is 15.9 Å². The van der Waals surface area contributed by atoms with Gasteiger partial charge in [0.15, 0.2) is 5.78 Å². The van der Waals surface area contributed by atoms with E-state index in [2.05, 4.69) is 25.7 Å². The number of hydrogen-bond acceptors (Lipinski definition) is 3. The monoisotopic (exact) mass is 328 g/mol. The summed E-state index contributed by atoms with van der Waals surface area (Å²) in [6.07, 6.45) is 0.265. The molecule has 0 N–H and O–H groups in total. The van der Waals surface area contributed by atoms with E-state index in [0.717, 1.165) is 19.6 Å². The summed E-state index contributed by atoms with van der Waals surface area (Å²) in [4.78, 5) is 16.6. The fourth-order valence-corrected chi connectivity index (χ4v) is 2.75. The molecule has 0 radical (unpaired) electrons. The van der Waals surface area contributed by atoms with Crippen LogP contribution in [0.25, 0.3) is 0 Å². The number of carbonyl (C=O) groups excluding carboxylic acids is 1. The van der Waals surface area contributed by atoms with Gasteiger partial charge < -0.3 is 4.90 Å². The third-order valence-corrected chi connectivity index (χ3v) is 4.51. The van der Waals surface area contributed by atoms with Crippen molar-refractivity contribution in [3.8, 4) is 0 Å². The number of piperazine rings is 1. The van der Waals surface area contributed by atoms with Gasteiger partial charge in [0, 0.05) is 26.1 Å². The molecule has 2 rings (SSSR count). The molecule has 1 aromatic rings. The molecule has 0 spiro atoms. The van der Waals surface area contributed by atoms with Crippen LogP contribution in [0, 0.1) is 5.82 Å². The number of nitrogens with zero attached hydrogens (tertiary/aromatic N) is 2. The number of carbonyl (C=O) groups is 1. The van der Waals surface area contributed by atoms with Crippen molar-refractivity contribution in [2.24, 2.45) is 0 Å². The molecular formula is C14H18BrFN2O. The average molecular weight is 329 g/mol. The molecule has 1 unspecified atom stereocenters. The van der Waals surface area contributed by atoms with E-state index < -0.39 is 0 Å². The van der Waals surface area contributed by atoms with E-state index in [9.17, 15) is 9.18 Å². The van der Waals surface area contributed by atoms with Crippen molar-refractivity contribution in [3.63, 3.8) is 0 Å². The molecule has 1 atom stereocenters. The molecule has 1 aliphatic rings. The van der Waals surface area contributed by atoms with Crippen molar-refractivity contribution in [3.05, 3.63) is 34.1 Å². The number of likely N-dealkylation sites (N-methyl/N-ethyl adjacent to an activating group) is 2. The van der Waals surface area contributed by atoms with Crippen LogP contribution in [0.15, 0.2) is 22.7 Å². The van der Waals surface area contributed by atoms with Gasteiger partial charge in [-0.1, -0.05) is 12.1 Å². The van der Waals surface area contributed by atoms with Gasteiger partial charge in [-0.2, -0.15) is 0 Å². The Labute approximate surface area is 121 Å². The minimum Gasteiger partial charge on any atom is -0.303 e. The molecule has 0 aliphatic carbocycles. The topological polar surface area (TPSA) is 23.6 Å². The minimum atomic E-state index is -0.320. The van der Waals surface area contributed by atoms with Gasteiger partial charge in [0.1, 0.15) is 5.82 Å². The molecule has 0 bridgehead atoms. The van der Waals surface area contributed by atoms with Crippen LogP contribution in [0.4, 0.5) is 4.39 Å². The summed E-state index contributed by atoms with van der Waals surface area (Å²) in [5.74, 6) is -0.181. The Morgan fingerprint density at radius 3 is 2.89 bits per heavy atom. The predicted octanol–water partition coefficient (Wildman–Crippen LogP) is 1.95. The van der Waals surface area contributed by atoms with Crippen LogP contribution in [-0.2, 0) is 11.2 Å². The molecule has 1 fully saturated rings. The molecule has 1 aliphatic heterocycles. The van der Waals surface area contributed by atoms with Gasteiger partial charge in [-0.25, -0.2) is 4.39 Å². The lowest BCUT2D eigenvalue weighted by molar-refractivity contribution is -0.125. The van der Waals surface area contributed by atoms with Gasteiger partial charge in [-0.15, -0.1) is 0 Å². The van der Waals surface area contributed by atoms with Crippen molar-refractivity contribution in [2.75, 3.05) is 33.7 Å². The minimum absolute atomic E-state index is 0.103. The Kier molecular flexibility index (Phi) is 4.71. The summed E-state index contributed by atoms with van der Waals surface area (Å²) in [7, 11) is 3.99. The quantitative estimate of drug-likeness (QED) is 0.847. The first-order valence-electron chi connectivity index (χ1n) is 6.33. The summed E-state index contributed by atoms with van der Waals surface area (Å²) in [5, 5.41) is 0. The van der Waals surface area contributed by atoms with E-state index in [1.807, 2.05) is 14.1 Å². The first kappa shape index (κ1) is 14.6. The van der Waals surface area contributed by atoms with E-state index in [1.165, 1.54) is 6.07 Å². The third kappa shape index (κ3) is 3.41. The third-order valence-electron chi connectivity index (χ3n) is 3.62. The van der Waals surface area contributed by atoms with Crippen molar-refractivity contribution in [2.45, 2.75) is 12.5 Å². The number of benzene rings is 1. The van der Waals surface area contributed by atoms with Gasteiger partial charge in [0.05, 0.1) is 10.5 Å². The predicted molar refractivity (Wildman–Crippen MR) is 76.7 cm³/mol. The van der Waals surface area contributed by atoms with Gasteiger partial charge in [0.2, 0.25) is 0 Å². The van der Waals surface area contributed by atoms with Crippen LogP contribution in [0.2, 0.25) is 0 Å². The maximum Gasteiger partial charge on any atom is 0.155 e. The van der Waals surface area contributed by atoms with E-state index in [4.69, 9.17) is 0 Å². The van der Waals surface area contributed by atoms with E-state index in [0.29, 0.717) is 10.0 Å². The number of ketones is 1. The highest BCUT2D eigenvalue weighted by atomic mass is 79.9. The lowest BCUT2D eigenvalue weighted by Gasteiger charge is -2.36. The summed E-state index contributed by atoms with van der Waals surface area (Å²) >= 11 is 3.21. The Morgan fingerprint density at radius 2 is 2.16 bits per heavy atom. The van der Waals surface area contributed by atoms with Gasteiger partial charge in [0.25, 0.3) is 0 Å². The SMILES string of the molecule is CN1CCN(C)C(C(=O)Cc2cccc(F)c2Br)C1. The van der Waals surface area contributed by atoms with Crippen molar-refractivity contribution in [1.29, 1.82) is 0 Å². The smallest absolute Gasteiger partial charge is 0.155 e. The van der Waals surface area contributed by atoms with Gasteiger partial charge >= 0.3 is 0 Å². The summed E-state index contributed by atoms with van der Waals surface area (Å²) < 4.78 is 13.8. The Hall–Kier alpha value is -0.780. The molecule has 0 aromatic heterocycles. The van der Waals surface area contributed by atoms with Crippen molar-refractivity contribution in [1.82, 2.24) is 9.80 Å². The summed E-state index contributed by atoms with van der Waals surface area (Å²) in [6.45, 7) is 2.60. The highest BCUT2D eigenvalue weighted by Crippen LogP contribution is 2.22. The molecule has 1 aromatic carbocycles. The fourth-order valence-electron chi connectivity index (χ4n) is 2.35. The van der Waals surface area contributed by atoms with Gasteiger partial charge in [-0.05, 0) is 41.7 Å². The van der Waals surface area contributed by atoms with Crippen LogP contribution in [0.3, 0.4) is 0 Å². The number of hydrogen-bond donors (Lipinski definition) is 0. The second kappa shape index (κ2) is 6.11. The zero-order chi connectivity index (χ0) is 14.0. The Balaban J connectivity index is 2.10. The summed E-state index contributed by atoms with van der Waals surface area (Å²) in [6, 6.07) is 4.71.